The first-order chi connectivity index (χ1) is 9.20. The Bertz CT molecular complexity index is 436. The molecular weight excluding hydrogens is 234 g/mol. The lowest BCUT2D eigenvalue weighted by molar-refractivity contribution is -0.0173. The quantitative estimate of drug-likeness (QED) is 0.904. The van der Waals surface area contributed by atoms with E-state index in [0.717, 1.165) is 29.7 Å². The molecule has 0 radical (unpaired) electrons. The summed E-state index contributed by atoms with van der Waals surface area (Å²) in [5.41, 5.74) is 1.31. The van der Waals surface area contributed by atoms with Crippen LogP contribution >= 0.6 is 0 Å². The minimum atomic E-state index is 0.426. The molecule has 0 amide bonds. The van der Waals surface area contributed by atoms with E-state index in [4.69, 9.17) is 0 Å². The van der Waals surface area contributed by atoms with Gasteiger partial charge >= 0.3 is 0 Å². The van der Waals surface area contributed by atoms with Crippen LogP contribution in [0.2, 0.25) is 0 Å². The van der Waals surface area contributed by atoms with Crippen molar-refractivity contribution in [2.75, 3.05) is 0 Å². The van der Waals surface area contributed by atoms with Crippen molar-refractivity contribution in [3.05, 3.63) is 18.0 Å². The summed E-state index contributed by atoms with van der Waals surface area (Å²) in [7, 11) is 2.05. The molecule has 19 heavy (non-hydrogen) atoms. The minimum Gasteiger partial charge on any atom is -0.306 e. The summed E-state index contributed by atoms with van der Waals surface area (Å²) in [5.74, 6) is 4.03. The highest BCUT2D eigenvalue weighted by Crippen LogP contribution is 2.54. The van der Waals surface area contributed by atoms with Gasteiger partial charge in [0.25, 0.3) is 0 Å². The standard InChI is InChI=1S/C16H25N3/c1-10(15-3-4-17-19(15)2)18-16-13-6-11-5-12(8-13)9-14(16)7-11/h3-4,10-14,16,18H,5-9H2,1-2H3. The van der Waals surface area contributed by atoms with E-state index >= 15 is 0 Å². The molecule has 1 aromatic rings. The van der Waals surface area contributed by atoms with E-state index < -0.39 is 0 Å². The van der Waals surface area contributed by atoms with Gasteiger partial charge < -0.3 is 5.32 Å². The van der Waals surface area contributed by atoms with Crippen molar-refractivity contribution in [3.63, 3.8) is 0 Å². The lowest BCUT2D eigenvalue weighted by Crippen LogP contribution is -2.55. The third-order valence-corrected chi connectivity index (χ3v) is 5.97. The van der Waals surface area contributed by atoms with Crippen LogP contribution in [0.5, 0.6) is 0 Å². The van der Waals surface area contributed by atoms with E-state index in [1.165, 1.54) is 37.8 Å². The fourth-order valence-corrected chi connectivity index (χ4v) is 5.38. The second kappa shape index (κ2) is 4.34. The van der Waals surface area contributed by atoms with Crippen molar-refractivity contribution < 1.29 is 0 Å². The van der Waals surface area contributed by atoms with Crippen molar-refractivity contribution in [2.45, 2.75) is 51.1 Å². The summed E-state index contributed by atoms with van der Waals surface area (Å²) in [5, 5.41) is 8.24. The summed E-state index contributed by atoms with van der Waals surface area (Å²) in [6, 6.07) is 3.33. The Morgan fingerprint density at radius 3 is 2.32 bits per heavy atom. The first-order valence-electron chi connectivity index (χ1n) is 7.94. The molecule has 0 aliphatic heterocycles. The zero-order valence-corrected chi connectivity index (χ0v) is 12.0. The summed E-state index contributed by atoms with van der Waals surface area (Å²) in [6.45, 7) is 2.29. The average Bonchev–Trinajstić information content (AvgIpc) is 2.79. The Balaban J connectivity index is 1.50. The molecule has 1 aromatic heterocycles. The molecule has 4 aliphatic rings. The van der Waals surface area contributed by atoms with Gasteiger partial charge in [0, 0.05) is 25.3 Å². The van der Waals surface area contributed by atoms with Gasteiger partial charge in [-0.2, -0.15) is 5.10 Å². The van der Waals surface area contributed by atoms with E-state index in [-0.39, 0.29) is 0 Å². The molecule has 3 nitrogen and oxygen atoms in total. The molecule has 1 heterocycles. The van der Waals surface area contributed by atoms with Crippen LogP contribution in [-0.2, 0) is 7.05 Å². The topological polar surface area (TPSA) is 29.9 Å². The van der Waals surface area contributed by atoms with Gasteiger partial charge in [0.1, 0.15) is 0 Å². The van der Waals surface area contributed by atoms with Crippen molar-refractivity contribution in [1.29, 1.82) is 0 Å². The summed E-state index contributed by atoms with van der Waals surface area (Å²) >= 11 is 0. The van der Waals surface area contributed by atoms with Gasteiger partial charge in [-0.15, -0.1) is 0 Å². The van der Waals surface area contributed by atoms with Crippen LogP contribution in [0.4, 0.5) is 0 Å². The molecule has 1 atom stereocenters. The fourth-order valence-electron chi connectivity index (χ4n) is 5.38. The Labute approximate surface area is 115 Å². The van der Waals surface area contributed by atoms with E-state index in [1.807, 2.05) is 17.9 Å². The van der Waals surface area contributed by atoms with Crippen LogP contribution in [0, 0.1) is 23.7 Å². The van der Waals surface area contributed by atoms with E-state index in [0.29, 0.717) is 6.04 Å². The molecule has 0 aromatic carbocycles. The number of aryl methyl sites for hydroxylation is 1. The number of hydrogen-bond acceptors (Lipinski definition) is 2. The predicted molar refractivity (Wildman–Crippen MR) is 75.6 cm³/mol. The number of rotatable bonds is 3. The van der Waals surface area contributed by atoms with Gasteiger partial charge in [0.2, 0.25) is 0 Å². The third-order valence-electron chi connectivity index (χ3n) is 5.97. The maximum atomic E-state index is 4.30. The lowest BCUT2D eigenvalue weighted by Gasteiger charge is -2.55. The van der Waals surface area contributed by atoms with Crippen LogP contribution < -0.4 is 5.32 Å². The monoisotopic (exact) mass is 259 g/mol. The number of hydrogen-bond donors (Lipinski definition) is 1. The summed E-state index contributed by atoms with van der Waals surface area (Å²) in [6.07, 6.45) is 9.40. The Morgan fingerprint density at radius 1 is 1.16 bits per heavy atom. The van der Waals surface area contributed by atoms with E-state index in [1.54, 1.807) is 0 Å². The van der Waals surface area contributed by atoms with Gasteiger partial charge in [-0.05, 0) is 68.8 Å². The zero-order valence-electron chi connectivity index (χ0n) is 12.0. The number of nitrogens with zero attached hydrogens (tertiary/aromatic N) is 2. The summed E-state index contributed by atoms with van der Waals surface area (Å²) < 4.78 is 2.01. The molecule has 1 N–H and O–H groups in total. The van der Waals surface area contributed by atoms with Gasteiger partial charge in [0.15, 0.2) is 0 Å². The molecule has 3 heteroatoms. The van der Waals surface area contributed by atoms with Crippen molar-refractivity contribution >= 4 is 0 Å². The third kappa shape index (κ3) is 1.94. The van der Waals surface area contributed by atoms with E-state index in [2.05, 4.69) is 23.4 Å². The lowest BCUT2D eigenvalue weighted by atomic mass is 9.54. The highest BCUT2D eigenvalue weighted by molar-refractivity contribution is 5.08. The second-order valence-electron chi connectivity index (χ2n) is 7.22. The molecule has 4 aliphatic carbocycles. The first kappa shape index (κ1) is 12.0. The van der Waals surface area contributed by atoms with Gasteiger partial charge in [-0.1, -0.05) is 0 Å². The van der Waals surface area contributed by atoms with Crippen LogP contribution in [-0.4, -0.2) is 15.8 Å². The SMILES string of the molecule is CC(NC1C2CC3CC(C2)CC1C3)c1ccnn1C. The smallest absolute Gasteiger partial charge is 0.0547 e. The van der Waals surface area contributed by atoms with Crippen LogP contribution in [0.15, 0.2) is 12.3 Å². The Kier molecular flexibility index (Phi) is 2.73. The maximum absolute atomic E-state index is 4.30. The second-order valence-corrected chi connectivity index (χ2v) is 7.22. The van der Waals surface area contributed by atoms with Gasteiger partial charge in [0.05, 0.1) is 5.69 Å². The minimum absolute atomic E-state index is 0.426. The molecule has 5 rings (SSSR count). The number of aromatic nitrogens is 2. The molecule has 4 bridgehead atoms. The average molecular weight is 259 g/mol. The molecule has 4 fully saturated rings. The largest absolute Gasteiger partial charge is 0.306 e. The zero-order chi connectivity index (χ0) is 13.0. The normalized spacial score (nSPS) is 41.7. The molecular formula is C16H25N3. The summed E-state index contributed by atoms with van der Waals surface area (Å²) in [4.78, 5) is 0. The number of nitrogens with one attached hydrogen (secondary N) is 1. The van der Waals surface area contributed by atoms with Gasteiger partial charge in [-0.3, -0.25) is 4.68 Å². The molecule has 104 valence electrons. The van der Waals surface area contributed by atoms with Crippen molar-refractivity contribution in [2.24, 2.45) is 30.7 Å². The maximum Gasteiger partial charge on any atom is 0.0547 e. The molecule has 1 unspecified atom stereocenters. The Morgan fingerprint density at radius 2 is 1.79 bits per heavy atom. The van der Waals surface area contributed by atoms with E-state index in [9.17, 15) is 0 Å². The highest BCUT2D eigenvalue weighted by Gasteiger charge is 2.48. The van der Waals surface area contributed by atoms with Crippen LogP contribution in [0.3, 0.4) is 0 Å². The molecule has 0 saturated heterocycles. The Hall–Kier alpha value is -0.830. The molecule has 0 spiro atoms. The van der Waals surface area contributed by atoms with Crippen LogP contribution in [0.1, 0.15) is 50.8 Å². The van der Waals surface area contributed by atoms with Gasteiger partial charge in [-0.25, -0.2) is 0 Å². The predicted octanol–water partition coefficient (Wildman–Crippen LogP) is 2.90. The van der Waals surface area contributed by atoms with Crippen LogP contribution in [0.25, 0.3) is 0 Å². The van der Waals surface area contributed by atoms with Crippen molar-refractivity contribution in [3.8, 4) is 0 Å². The van der Waals surface area contributed by atoms with Crippen molar-refractivity contribution in [1.82, 2.24) is 15.1 Å². The molecule has 4 saturated carbocycles. The fraction of sp³-hybridized carbons (Fsp3) is 0.812. The highest BCUT2D eigenvalue weighted by atomic mass is 15.3. The first-order valence-corrected chi connectivity index (χ1v) is 7.94.